The maximum Gasteiger partial charge on any atom is 0.191 e. The van der Waals surface area contributed by atoms with Gasteiger partial charge in [0.15, 0.2) is 15.8 Å². The highest BCUT2D eigenvalue weighted by Crippen LogP contribution is 2.16. The first-order valence-corrected chi connectivity index (χ1v) is 12.0. The first-order chi connectivity index (χ1) is 13.3. The molecule has 1 aromatic carbocycles. The third-order valence-electron chi connectivity index (χ3n) is 5.11. The van der Waals surface area contributed by atoms with Crippen molar-refractivity contribution in [3.63, 3.8) is 0 Å². The van der Waals surface area contributed by atoms with E-state index in [9.17, 15) is 12.8 Å². The quantitative estimate of drug-likeness (QED) is 0.389. The van der Waals surface area contributed by atoms with Crippen LogP contribution < -0.4 is 10.6 Å². The van der Waals surface area contributed by atoms with Crippen LogP contribution in [0.3, 0.4) is 0 Å². The molecule has 0 radical (unpaired) electrons. The van der Waals surface area contributed by atoms with E-state index >= 15 is 0 Å². The van der Waals surface area contributed by atoms with Gasteiger partial charge in [-0.2, -0.15) is 0 Å². The number of hydrogen-bond acceptors (Lipinski definition) is 4. The van der Waals surface area contributed by atoms with E-state index in [1.54, 1.807) is 7.05 Å². The molecule has 0 aliphatic carbocycles. The van der Waals surface area contributed by atoms with E-state index in [1.807, 2.05) is 0 Å². The third kappa shape index (κ3) is 7.75. The average molecular weight is 413 g/mol. The Balaban J connectivity index is 1.82. The Hall–Kier alpha value is -1.67. The number of halogens is 1. The maximum atomic E-state index is 13.6. The molecule has 6 nitrogen and oxygen atoms in total. The van der Waals surface area contributed by atoms with E-state index in [2.05, 4.69) is 27.4 Å². The normalized spacial score (nSPS) is 18.9. The van der Waals surface area contributed by atoms with Crippen molar-refractivity contribution in [2.24, 2.45) is 4.99 Å². The molecule has 0 aromatic heterocycles. The van der Waals surface area contributed by atoms with Crippen LogP contribution in [0.1, 0.15) is 43.7 Å². The molecule has 1 aliphatic heterocycles. The van der Waals surface area contributed by atoms with E-state index in [0.717, 1.165) is 19.5 Å². The van der Waals surface area contributed by atoms with Crippen LogP contribution in [-0.4, -0.2) is 58.3 Å². The summed E-state index contributed by atoms with van der Waals surface area (Å²) >= 11 is 0. The average Bonchev–Trinajstić information content (AvgIpc) is 2.63. The van der Waals surface area contributed by atoms with Crippen LogP contribution in [-0.2, 0) is 22.1 Å². The standard InChI is InChI=1S/C20H33FN4O2S/c1-16-7-4-5-11-25(16)12-6-10-23-20(22-2)24-14-18-13-19(21)9-8-17(18)15-28(3,26)27/h8-9,13,16H,4-7,10-12,14-15H2,1-3H3,(H2,22,23,24). The summed E-state index contributed by atoms with van der Waals surface area (Å²) in [5.41, 5.74) is 1.22. The number of sulfone groups is 1. The van der Waals surface area contributed by atoms with Gasteiger partial charge in [-0.25, -0.2) is 12.8 Å². The van der Waals surface area contributed by atoms with Gasteiger partial charge in [0, 0.05) is 39.0 Å². The van der Waals surface area contributed by atoms with Crippen molar-refractivity contribution < 1.29 is 12.8 Å². The Kier molecular flexibility index (Phi) is 8.69. The molecule has 0 saturated carbocycles. The van der Waals surface area contributed by atoms with Crippen LogP contribution in [0.4, 0.5) is 4.39 Å². The van der Waals surface area contributed by atoms with Crippen LogP contribution in [0.2, 0.25) is 0 Å². The predicted molar refractivity (Wildman–Crippen MR) is 113 cm³/mol. The lowest BCUT2D eigenvalue weighted by Crippen LogP contribution is -2.41. The van der Waals surface area contributed by atoms with Crippen LogP contribution in [0, 0.1) is 5.82 Å². The summed E-state index contributed by atoms with van der Waals surface area (Å²) in [6.45, 7) is 5.64. The van der Waals surface area contributed by atoms with Crippen molar-refractivity contribution in [1.82, 2.24) is 15.5 Å². The Labute approximate surface area is 168 Å². The molecule has 1 saturated heterocycles. The summed E-state index contributed by atoms with van der Waals surface area (Å²) in [4.78, 5) is 6.73. The predicted octanol–water partition coefficient (Wildman–Crippen LogP) is 2.30. The largest absolute Gasteiger partial charge is 0.356 e. The summed E-state index contributed by atoms with van der Waals surface area (Å²) in [5, 5.41) is 6.43. The van der Waals surface area contributed by atoms with Crippen molar-refractivity contribution in [3.8, 4) is 0 Å². The minimum atomic E-state index is -3.19. The molecule has 1 heterocycles. The Morgan fingerprint density at radius 1 is 1.29 bits per heavy atom. The first kappa shape index (κ1) is 22.6. The summed E-state index contributed by atoms with van der Waals surface area (Å²) in [6, 6.07) is 4.85. The van der Waals surface area contributed by atoms with Crippen molar-refractivity contribution >= 4 is 15.8 Å². The number of aliphatic imine (C=N–C) groups is 1. The lowest BCUT2D eigenvalue weighted by molar-refractivity contribution is 0.159. The monoisotopic (exact) mass is 412 g/mol. The highest BCUT2D eigenvalue weighted by atomic mass is 32.2. The summed E-state index contributed by atoms with van der Waals surface area (Å²) in [7, 11) is -1.50. The molecule has 28 heavy (non-hydrogen) atoms. The number of likely N-dealkylation sites (tertiary alicyclic amines) is 1. The summed E-state index contributed by atoms with van der Waals surface area (Å²) in [5.74, 6) is 0.138. The van der Waals surface area contributed by atoms with E-state index in [4.69, 9.17) is 0 Å². The summed E-state index contributed by atoms with van der Waals surface area (Å²) in [6.07, 6.45) is 6.08. The molecule has 2 rings (SSSR count). The fraction of sp³-hybridized carbons (Fsp3) is 0.650. The zero-order valence-corrected chi connectivity index (χ0v) is 18.0. The Morgan fingerprint density at radius 3 is 2.75 bits per heavy atom. The lowest BCUT2D eigenvalue weighted by atomic mass is 10.0. The number of benzene rings is 1. The van der Waals surface area contributed by atoms with E-state index in [0.29, 0.717) is 29.7 Å². The second-order valence-electron chi connectivity index (χ2n) is 7.57. The lowest BCUT2D eigenvalue weighted by Gasteiger charge is -2.33. The topological polar surface area (TPSA) is 73.8 Å². The number of hydrogen-bond donors (Lipinski definition) is 2. The number of rotatable bonds is 8. The zero-order chi connectivity index (χ0) is 20.6. The van der Waals surface area contributed by atoms with Crippen molar-refractivity contribution in [3.05, 3.63) is 35.1 Å². The van der Waals surface area contributed by atoms with Gasteiger partial charge in [-0.05, 0) is 56.0 Å². The molecule has 0 bridgehead atoms. The molecular formula is C20H33FN4O2S. The van der Waals surface area contributed by atoms with Crippen LogP contribution in [0.15, 0.2) is 23.2 Å². The second kappa shape index (κ2) is 10.8. The van der Waals surface area contributed by atoms with E-state index in [-0.39, 0.29) is 11.6 Å². The minimum Gasteiger partial charge on any atom is -0.356 e. The van der Waals surface area contributed by atoms with Gasteiger partial charge in [0.2, 0.25) is 0 Å². The van der Waals surface area contributed by atoms with Gasteiger partial charge in [-0.3, -0.25) is 4.99 Å². The van der Waals surface area contributed by atoms with Gasteiger partial charge in [0.25, 0.3) is 0 Å². The number of nitrogens with one attached hydrogen (secondary N) is 2. The fourth-order valence-corrected chi connectivity index (χ4v) is 4.41. The number of nitrogens with zero attached hydrogens (tertiary/aromatic N) is 2. The van der Waals surface area contributed by atoms with Crippen molar-refractivity contribution in [1.29, 1.82) is 0 Å². The second-order valence-corrected chi connectivity index (χ2v) is 9.71. The molecule has 0 spiro atoms. The first-order valence-electron chi connectivity index (χ1n) is 9.92. The van der Waals surface area contributed by atoms with E-state index < -0.39 is 9.84 Å². The van der Waals surface area contributed by atoms with Crippen LogP contribution in [0.5, 0.6) is 0 Å². The van der Waals surface area contributed by atoms with Gasteiger partial charge in [-0.1, -0.05) is 12.5 Å². The van der Waals surface area contributed by atoms with Gasteiger partial charge in [-0.15, -0.1) is 0 Å². The zero-order valence-electron chi connectivity index (χ0n) is 17.2. The Morgan fingerprint density at radius 2 is 2.07 bits per heavy atom. The molecule has 1 unspecified atom stereocenters. The molecule has 158 valence electrons. The molecule has 0 amide bonds. The van der Waals surface area contributed by atoms with Crippen LogP contribution >= 0.6 is 0 Å². The molecule has 1 aromatic rings. The molecule has 8 heteroatoms. The third-order valence-corrected chi connectivity index (χ3v) is 5.95. The SMILES string of the molecule is CN=C(NCCCN1CCCCC1C)NCc1cc(F)ccc1CS(C)(=O)=O. The smallest absolute Gasteiger partial charge is 0.191 e. The van der Waals surface area contributed by atoms with Crippen LogP contribution in [0.25, 0.3) is 0 Å². The Bertz CT molecular complexity index is 767. The molecule has 2 N–H and O–H groups in total. The van der Waals surface area contributed by atoms with Gasteiger partial charge >= 0.3 is 0 Å². The minimum absolute atomic E-state index is 0.107. The molecule has 1 atom stereocenters. The van der Waals surface area contributed by atoms with E-state index in [1.165, 1.54) is 50.3 Å². The number of guanidine groups is 1. The van der Waals surface area contributed by atoms with Gasteiger partial charge < -0.3 is 15.5 Å². The van der Waals surface area contributed by atoms with Crippen molar-refractivity contribution in [2.45, 2.75) is 50.9 Å². The maximum absolute atomic E-state index is 13.6. The molecular weight excluding hydrogens is 379 g/mol. The number of piperidine rings is 1. The molecule has 1 aliphatic rings. The summed E-state index contributed by atoms with van der Waals surface area (Å²) < 4.78 is 36.8. The van der Waals surface area contributed by atoms with Gasteiger partial charge in [0.05, 0.1) is 5.75 Å². The highest BCUT2D eigenvalue weighted by Gasteiger charge is 2.17. The molecule has 1 fully saturated rings. The fourth-order valence-electron chi connectivity index (χ4n) is 3.56. The van der Waals surface area contributed by atoms with Crippen molar-refractivity contribution in [2.75, 3.05) is 32.9 Å². The highest BCUT2D eigenvalue weighted by molar-refractivity contribution is 7.89. The van der Waals surface area contributed by atoms with Gasteiger partial charge in [0.1, 0.15) is 5.82 Å².